The van der Waals surface area contributed by atoms with E-state index < -0.39 is 16.1 Å². The Hall–Kier alpha value is -3.33. The molecule has 0 unspecified atom stereocenters. The van der Waals surface area contributed by atoms with Gasteiger partial charge in [0.2, 0.25) is 0 Å². The number of aromatic hydroxyl groups is 1. The monoisotopic (exact) mass is 372 g/mol. The van der Waals surface area contributed by atoms with Gasteiger partial charge < -0.3 is 9.84 Å². The van der Waals surface area contributed by atoms with E-state index in [1.807, 2.05) is 0 Å². The van der Waals surface area contributed by atoms with Gasteiger partial charge in [-0.05, 0) is 30.0 Å². The van der Waals surface area contributed by atoms with E-state index >= 15 is 0 Å². The van der Waals surface area contributed by atoms with E-state index in [0.717, 1.165) is 17.0 Å². The van der Waals surface area contributed by atoms with Crippen LogP contribution in [0.3, 0.4) is 0 Å². The zero-order valence-corrected chi connectivity index (χ0v) is 14.2. The molecule has 0 bridgehead atoms. The van der Waals surface area contributed by atoms with E-state index in [0.29, 0.717) is 17.4 Å². The lowest BCUT2D eigenvalue weighted by Crippen LogP contribution is -2.27. The minimum absolute atomic E-state index is 0.00890. The molecule has 0 aliphatic carbocycles. The maximum atomic E-state index is 12.6. The number of non-ortho nitro benzene ring substituents is 1. The Morgan fingerprint density at radius 1 is 1.23 bits per heavy atom. The number of methoxy groups -OCH3 is 1. The fraction of sp³-hybridized carbons (Fsp3) is 0.0588. The van der Waals surface area contributed by atoms with Crippen LogP contribution in [0.25, 0.3) is 6.08 Å². The maximum Gasteiger partial charge on any atom is 0.298 e. The van der Waals surface area contributed by atoms with Gasteiger partial charge in [0, 0.05) is 11.6 Å². The first kappa shape index (κ1) is 17.5. The topological polar surface area (TPSA) is 110 Å². The van der Waals surface area contributed by atoms with Crippen LogP contribution in [0.2, 0.25) is 0 Å². The van der Waals surface area contributed by atoms with Crippen molar-refractivity contribution in [2.24, 2.45) is 0 Å². The fourth-order valence-electron chi connectivity index (χ4n) is 2.39. The number of carbonyl (C=O) groups excluding carboxylic acids is 2. The van der Waals surface area contributed by atoms with Gasteiger partial charge in [-0.2, -0.15) is 0 Å². The second-order valence-electron chi connectivity index (χ2n) is 5.20. The third-order valence-electron chi connectivity index (χ3n) is 3.61. The molecule has 0 saturated carbocycles. The van der Waals surface area contributed by atoms with E-state index in [4.69, 9.17) is 4.74 Å². The number of rotatable bonds is 4. The Bertz CT molecular complexity index is 942. The predicted octanol–water partition coefficient (Wildman–Crippen LogP) is 3.55. The molecule has 1 N–H and O–H groups in total. The van der Waals surface area contributed by atoms with E-state index in [9.17, 15) is 24.8 Å². The molecule has 2 aromatic rings. The van der Waals surface area contributed by atoms with Crippen LogP contribution in [0, 0.1) is 10.1 Å². The molecule has 132 valence electrons. The SMILES string of the molecule is COc1cc([N+](=O)[O-])cc(/C=C2\SC(=O)N(c3ccccc3)C2=O)c1O. The largest absolute Gasteiger partial charge is 0.504 e. The number of carbonyl (C=O) groups is 2. The molecule has 3 rings (SSSR count). The number of benzene rings is 2. The molecule has 1 fully saturated rings. The molecule has 1 saturated heterocycles. The summed E-state index contributed by atoms with van der Waals surface area (Å²) >= 11 is 0.685. The van der Waals surface area contributed by atoms with E-state index in [1.54, 1.807) is 30.3 Å². The Morgan fingerprint density at radius 3 is 2.54 bits per heavy atom. The number of nitrogens with zero attached hydrogens (tertiary/aromatic N) is 2. The number of amides is 2. The first-order chi connectivity index (χ1) is 12.4. The van der Waals surface area contributed by atoms with Crippen LogP contribution in [0.4, 0.5) is 16.2 Å². The third-order valence-corrected chi connectivity index (χ3v) is 4.48. The smallest absolute Gasteiger partial charge is 0.298 e. The number of nitro benzene ring substituents is 1. The van der Waals surface area contributed by atoms with Crippen LogP contribution in [0.5, 0.6) is 11.5 Å². The Balaban J connectivity index is 2.03. The van der Waals surface area contributed by atoms with Crippen molar-refractivity contribution >= 4 is 40.4 Å². The van der Waals surface area contributed by atoms with Crippen molar-refractivity contribution in [3.63, 3.8) is 0 Å². The van der Waals surface area contributed by atoms with Crippen LogP contribution >= 0.6 is 11.8 Å². The predicted molar refractivity (Wildman–Crippen MR) is 96.2 cm³/mol. The van der Waals surface area contributed by atoms with Crippen LogP contribution < -0.4 is 9.64 Å². The van der Waals surface area contributed by atoms with Gasteiger partial charge in [0.1, 0.15) is 0 Å². The lowest BCUT2D eigenvalue weighted by molar-refractivity contribution is -0.385. The van der Waals surface area contributed by atoms with Crippen molar-refractivity contribution in [1.82, 2.24) is 0 Å². The molecule has 2 amide bonds. The summed E-state index contributed by atoms with van der Waals surface area (Å²) < 4.78 is 4.93. The molecule has 26 heavy (non-hydrogen) atoms. The molecular formula is C17H12N2O6S. The van der Waals surface area contributed by atoms with Gasteiger partial charge in [-0.25, -0.2) is 4.90 Å². The van der Waals surface area contributed by atoms with Crippen LogP contribution in [0.1, 0.15) is 5.56 Å². The quantitative estimate of drug-likeness (QED) is 0.496. The van der Waals surface area contributed by atoms with E-state index in [1.165, 1.54) is 13.2 Å². The van der Waals surface area contributed by atoms with Gasteiger partial charge in [0.25, 0.3) is 16.8 Å². The fourth-order valence-corrected chi connectivity index (χ4v) is 3.23. The third kappa shape index (κ3) is 3.11. The van der Waals surface area contributed by atoms with E-state index in [-0.39, 0.29) is 27.7 Å². The van der Waals surface area contributed by atoms with Crippen molar-refractivity contribution < 1.29 is 24.4 Å². The molecule has 0 atom stereocenters. The molecular weight excluding hydrogens is 360 g/mol. The van der Waals surface area contributed by atoms with Crippen molar-refractivity contribution in [1.29, 1.82) is 0 Å². The normalized spacial score (nSPS) is 15.6. The number of anilines is 1. The highest BCUT2D eigenvalue weighted by atomic mass is 32.2. The highest BCUT2D eigenvalue weighted by molar-refractivity contribution is 8.19. The molecule has 2 aromatic carbocycles. The van der Waals surface area contributed by atoms with Gasteiger partial charge in [-0.15, -0.1) is 0 Å². The summed E-state index contributed by atoms with van der Waals surface area (Å²) in [5.41, 5.74) is 0.113. The van der Waals surface area contributed by atoms with Gasteiger partial charge in [-0.1, -0.05) is 18.2 Å². The number of hydrogen-bond acceptors (Lipinski definition) is 7. The highest BCUT2D eigenvalue weighted by Crippen LogP contribution is 2.40. The van der Waals surface area contributed by atoms with Crippen LogP contribution in [-0.4, -0.2) is 28.3 Å². The Kier molecular flexibility index (Phi) is 4.63. The maximum absolute atomic E-state index is 12.6. The molecule has 1 aliphatic rings. The molecule has 9 heteroatoms. The minimum Gasteiger partial charge on any atom is -0.504 e. The Labute approximate surface area is 151 Å². The number of ether oxygens (including phenoxy) is 1. The summed E-state index contributed by atoms with van der Waals surface area (Å²) in [6.45, 7) is 0. The zero-order chi connectivity index (χ0) is 18.8. The molecule has 1 heterocycles. The number of phenolic OH excluding ortho intramolecular Hbond substituents is 1. The minimum atomic E-state index is -0.644. The van der Waals surface area contributed by atoms with Gasteiger partial charge in [0.15, 0.2) is 11.5 Å². The number of thioether (sulfide) groups is 1. The van der Waals surface area contributed by atoms with Crippen molar-refractivity contribution in [2.75, 3.05) is 12.0 Å². The number of imide groups is 1. The van der Waals surface area contributed by atoms with Gasteiger partial charge >= 0.3 is 0 Å². The molecule has 0 spiro atoms. The summed E-state index contributed by atoms with van der Waals surface area (Å²) in [6, 6.07) is 10.6. The second-order valence-corrected chi connectivity index (χ2v) is 6.19. The number of nitro groups is 1. The molecule has 0 radical (unpaired) electrons. The average Bonchev–Trinajstić information content (AvgIpc) is 2.90. The van der Waals surface area contributed by atoms with Gasteiger partial charge in [-0.3, -0.25) is 19.7 Å². The molecule has 0 aromatic heterocycles. The summed E-state index contributed by atoms with van der Waals surface area (Å²) in [6.07, 6.45) is 1.23. The zero-order valence-electron chi connectivity index (χ0n) is 13.4. The van der Waals surface area contributed by atoms with E-state index in [2.05, 4.69) is 0 Å². The Morgan fingerprint density at radius 2 is 1.92 bits per heavy atom. The second kappa shape index (κ2) is 6.89. The van der Waals surface area contributed by atoms with Crippen molar-refractivity contribution in [2.45, 2.75) is 0 Å². The number of para-hydroxylation sites is 1. The lowest BCUT2D eigenvalue weighted by Gasteiger charge is -2.11. The highest BCUT2D eigenvalue weighted by Gasteiger charge is 2.36. The summed E-state index contributed by atoms with van der Waals surface area (Å²) in [7, 11) is 1.26. The summed E-state index contributed by atoms with van der Waals surface area (Å²) in [4.78, 5) is 36.2. The number of hydrogen-bond donors (Lipinski definition) is 1. The summed E-state index contributed by atoms with van der Waals surface area (Å²) in [5.74, 6) is -1.03. The number of phenols is 1. The first-order valence-corrected chi connectivity index (χ1v) is 8.12. The molecule has 1 aliphatic heterocycles. The van der Waals surface area contributed by atoms with Crippen LogP contribution in [-0.2, 0) is 4.79 Å². The average molecular weight is 372 g/mol. The molecule has 8 nitrogen and oxygen atoms in total. The standard InChI is InChI=1S/C17H12N2O6S/c1-25-13-9-12(19(23)24)7-10(15(13)20)8-14-16(21)18(17(22)26-14)11-5-3-2-4-6-11/h2-9,20H,1H3/b14-8-. The lowest BCUT2D eigenvalue weighted by atomic mass is 10.1. The van der Waals surface area contributed by atoms with Crippen molar-refractivity contribution in [3.05, 3.63) is 63.0 Å². The van der Waals surface area contributed by atoms with Gasteiger partial charge in [0.05, 0.1) is 28.7 Å². The van der Waals surface area contributed by atoms with Crippen LogP contribution in [0.15, 0.2) is 47.4 Å². The summed E-state index contributed by atoms with van der Waals surface area (Å²) in [5, 5.41) is 20.7. The first-order valence-electron chi connectivity index (χ1n) is 7.30. The van der Waals surface area contributed by atoms with Crippen molar-refractivity contribution in [3.8, 4) is 11.5 Å².